The lowest BCUT2D eigenvalue weighted by Gasteiger charge is -2.24. The average molecular weight is 393 g/mol. The highest BCUT2D eigenvalue weighted by molar-refractivity contribution is 5.76. The highest BCUT2D eigenvalue weighted by Crippen LogP contribution is 2.23. The van der Waals surface area contributed by atoms with Crippen molar-refractivity contribution in [3.05, 3.63) is 53.6 Å². The van der Waals surface area contributed by atoms with Crippen LogP contribution < -0.4 is 0 Å². The van der Waals surface area contributed by atoms with E-state index in [9.17, 15) is 4.79 Å². The van der Waals surface area contributed by atoms with Crippen molar-refractivity contribution in [2.75, 3.05) is 6.54 Å². The molecule has 7 heteroatoms. The Morgan fingerprint density at radius 2 is 2.07 bits per heavy atom. The van der Waals surface area contributed by atoms with Crippen molar-refractivity contribution >= 4 is 5.91 Å². The lowest BCUT2D eigenvalue weighted by molar-refractivity contribution is -0.132. The number of benzene rings is 1. The fourth-order valence-electron chi connectivity index (χ4n) is 4.06. The van der Waals surface area contributed by atoms with Crippen LogP contribution >= 0.6 is 0 Å². The number of carbonyl (C=O) groups excluding carboxylic acids is 1. The summed E-state index contributed by atoms with van der Waals surface area (Å²) in [5.41, 5.74) is 3.01. The average Bonchev–Trinajstić information content (AvgIpc) is 3.45. The Balaban J connectivity index is 1.31. The summed E-state index contributed by atoms with van der Waals surface area (Å²) in [6, 6.07) is 12.1. The van der Waals surface area contributed by atoms with Gasteiger partial charge in [0.2, 0.25) is 5.91 Å². The van der Waals surface area contributed by atoms with E-state index in [1.807, 2.05) is 59.8 Å². The first-order valence-electron chi connectivity index (χ1n) is 10.3. The number of aromatic nitrogens is 4. The van der Waals surface area contributed by atoms with Gasteiger partial charge in [-0.3, -0.25) is 9.48 Å². The van der Waals surface area contributed by atoms with Crippen LogP contribution in [0.4, 0.5) is 0 Å². The Kier molecular flexibility index (Phi) is 5.74. The van der Waals surface area contributed by atoms with Gasteiger partial charge in [0.05, 0.1) is 5.69 Å². The molecule has 1 fully saturated rings. The Morgan fingerprint density at radius 3 is 2.83 bits per heavy atom. The lowest BCUT2D eigenvalue weighted by Crippen LogP contribution is -2.36. The molecule has 3 heterocycles. The quantitative estimate of drug-likeness (QED) is 0.613. The highest BCUT2D eigenvalue weighted by Gasteiger charge is 2.28. The molecule has 1 atom stereocenters. The van der Waals surface area contributed by atoms with Crippen molar-refractivity contribution in [1.82, 2.24) is 24.8 Å². The van der Waals surface area contributed by atoms with Crippen molar-refractivity contribution < 1.29 is 9.32 Å². The molecule has 7 nitrogen and oxygen atoms in total. The van der Waals surface area contributed by atoms with Gasteiger partial charge < -0.3 is 9.42 Å². The molecule has 1 aliphatic heterocycles. The Hall–Kier alpha value is -2.96. The molecule has 0 radical (unpaired) electrons. The van der Waals surface area contributed by atoms with E-state index in [0.717, 1.165) is 42.8 Å². The lowest BCUT2D eigenvalue weighted by atomic mass is 10.1. The Morgan fingerprint density at radius 1 is 1.24 bits per heavy atom. The third kappa shape index (κ3) is 4.55. The fourth-order valence-corrected chi connectivity index (χ4v) is 4.06. The SMILES string of the molecule is Cc1cc(C)n(CCC(=O)N2CCCC2CCc2noc(-c3ccccc3)n2)n1. The molecule has 0 aliphatic carbocycles. The monoisotopic (exact) mass is 393 g/mol. The van der Waals surface area contributed by atoms with Crippen molar-refractivity contribution in [3.63, 3.8) is 0 Å². The second-order valence-electron chi connectivity index (χ2n) is 7.70. The van der Waals surface area contributed by atoms with Gasteiger partial charge in [-0.15, -0.1) is 0 Å². The molecule has 1 unspecified atom stereocenters. The van der Waals surface area contributed by atoms with Gasteiger partial charge >= 0.3 is 0 Å². The molecule has 0 saturated carbocycles. The molecule has 0 bridgehead atoms. The maximum absolute atomic E-state index is 12.8. The van der Waals surface area contributed by atoms with Gasteiger partial charge in [0.15, 0.2) is 5.82 Å². The minimum atomic E-state index is 0.207. The van der Waals surface area contributed by atoms with Crippen LogP contribution in [0.2, 0.25) is 0 Å². The molecule has 152 valence electrons. The second-order valence-corrected chi connectivity index (χ2v) is 7.70. The van der Waals surface area contributed by atoms with Gasteiger partial charge in [0.25, 0.3) is 5.89 Å². The van der Waals surface area contributed by atoms with Crippen LogP contribution in [0.25, 0.3) is 11.5 Å². The number of carbonyl (C=O) groups is 1. The molecule has 1 aliphatic rings. The van der Waals surface area contributed by atoms with Crippen molar-refractivity contribution in [2.45, 2.75) is 58.5 Å². The van der Waals surface area contributed by atoms with Crippen LogP contribution in [0.15, 0.2) is 40.9 Å². The Labute approximate surface area is 170 Å². The van der Waals surface area contributed by atoms with Crippen LogP contribution in [0.3, 0.4) is 0 Å². The van der Waals surface area contributed by atoms with Crippen LogP contribution in [0.1, 0.15) is 42.9 Å². The van der Waals surface area contributed by atoms with E-state index < -0.39 is 0 Å². The summed E-state index contributed by atoms with van der Waals surface area (Å²) < 4.78 is 7.31. The van der Waals surface area contributed by atoms with Crippen molar-refractivity contribution in [2.24, 2.45) is 0 Å². The van der Waals surface area contributed by atoms with E-state index in [2.05, 4.69) is 15.2 Å². The third-order valence-corrected chi connectivity index (χ3v) is 5.53. The molecule has 3 aromatic rings. The minimum absolute atomic E-state index is 0.207. The van der Waals surface area contributed by atoms with Gasteiger partial charge in [-0.25, -0.2) is 0 Å². The summed E-state index contributed by atoms with van der Waals surface area (Å²) in [4.78, 5) is 19.3. The zero-order valence-electron chi connectivity index (χ0n) is 17.0. The predicted octanol–water partition coefficient (Wildman–Crippen LogP) is 3.56. The van der Waals surface area contributed by atoms with Crippen LogP contribution in [-0.2, 0) is 17.8 Å². The van der Waals surface area contributed by atoms with Crippen LogP contribution in [0, 0.1) is 13.8 Å². The summed E-state index contributed by atoms with van der Waals surface area (Å²) in [6.07, 6.45) is 4.15. The van der Waals surface area contributed by atoms with Crippen LogP contribution in [-0.4, -0.2) is 43.3 Å². The number of nitrogens with zero attached hydrogens (tertiary/aromatic N) is 5. The van der Waals surface area contributed by atoms with E-state index in [1.165, 1.54) is 0 Å². The number of hydrogen-bond donors (Lipinski definition) is 0. The van der Waals surface area contributed by atoms with E-state index >= 15 is 0 Å². The first-order valence-corrected chi connectivity index (χ1v) is 10.3. The maximum atomic E-state index is 12.8. The summed E-state index contributed by atoms with van der Waals surface area (Å²) in [7, 11) is 0. The smallest absolute Gasteiger partial charge is 0.257 e. The number of aryl methyl sites for hydroxylation is 4. The third-order valence-electron chi connectivity index (χ3n) is 5.53. The summed E-state index contributed by atoms with van der Waals surface area (Å²) in [6.45, 7) is 5.47. The van der Waals surface area contributed by atoms with Gasteiger partial charge in [-0.1, -0.05) is 23.4 Å². The van der Waals surface area contributed by atoms with Gasteiger partial charge in [-0.05, 0) is 51.3 Å². The first kappa shape index (κ1) is 19.4. The van der Waals surface area contributed by atoms with E-state index in [-0.39, 0.29) is 11.9 Å². The molecule has 2 aromatic heterocycles. The van der Waals surface area contributed by atoms with Crippen molar-refractivity contribution in [1.29, 1.82) is 0 Å². The summed E-state index contributed by atoms with van der Waals surface area (Å²) in [5.74, 6) is 1.45. The number of hydrogen-bond acceptors (Lipinski definition) is 5. The fraction of sp³-hybridized carbons (Fsp3) is 0.455. The maximum Gasteiger partial charge on any atom is 0.257 e. The molecule has 4 rings (SSSR count). The topological polar surface area (TPSA) is 77.0 Å². The molecular weight excluding hydrogens is 366 g/mol. The zero-order valence-corrected chi connectivity index (χ0v) is 17.0. The van der Waals surface area contributed by atoms with Gasteiger partial charge in [0.1, 0.15) is 0 Å². The number of likely N-dealkylation sites (tertiary alicyclic amines) is 1. The second kappa shape index (κ2) is 8.59. The predicted molar refractivity (Wildman–Crippen MR) is 109 cm³/mol. The first-order chi connectivity index (χ1) is 14.1. The largest absolute Gasteiger partial charge is 0.340 e. The molecule has 1 aromatic carbocycles. The number of amides is 1. The molecular formula is C22H27N5O2. The summed E-state index contributed by atoms with van der Waals surface area (Å²) in [5, 5.41) is 8.56. The molecule has 29 heavy (non-hydrogen) atoms. The van der Waals surface area contributed by atoms with Gasteiger partial charge in [-0.2, -0.15) is 10.1 Å². The molecule has 0 N–H and O–H groups in total. The summed E-state index contributed by atoms with van der Waals surface area (Å²) >= 11 is 0. The zero-order chi connectivity index (χ0) is 20.2. The highest BCUT2D eigenvalue weighted by atomic mass is 16.5. The van der Waals surface area contributed by atoms with Gasteiger partial charge in [0, 0.05) is 43.2 Å². The number of rotatable bonds is 7. The molecule has 1 saturated heterocycles. The standard InChI is InChI=1S/C22H27N5O2/c1-16-15-17(2)27(24-16)14-12-21(28)26-13-6-9-19(26)10-11-20-23-22(29-25-20)18-7-4-3-5-8-18/h3-5,7-8,15,19H,6,9-14H2,1-2H3. The molecule has 1 amide bonds. The minimum Gasteiger partial charge on any atom is -0.340 e. The van der Waals surface area contributed by atoms with E-state index in [4.69, 9.17) is 4.52 Å². The Bertz CT molecular complexity index is 963. The van der Waals surface area contributed by atoms with E-state index in [0.29, 0.717) is 31.1 Å². The molecule has 0 spiro atoms. The van der Waals surface area contributed by atoms with Crippen LogP contribution in [0.5, 0.6) is 0 Å². The normalized spacial score (nSPS) is 16.5. The van der Waals surface area contributed by atoms with Crippen molar-refractivity contribution in [3.8, 4) is 11.5 Å². The van der Waals surface area contributed by atoms with E-state index in [1.54, 1.807) is 0 Å².